The lowest BCUT2D eigenvalue weighted by Gasteiger charge is -2.27. The molecule has 1 saturated heterocycles. The maximum atomic E-state index is 13.1. The zero-order valence-corrected chi connectivity index (χ0v) is 16.9. The average Bonchev–Trinajstić information content (AvgIpc) is 2.65. The highest BCUT2D eigenvalue weighted by Crippen LogP contribution is 2.23. The second kappa shape index (κ2) is 8.97. The molecule has 1 fully saturated rings. The number of sulfonamides is 1. The minimum atomic E-state index is -3.64. The quantitative estimate of drug-likeness (QED) is 0.786. The van der Waals surface area contributed by atoms with E-state index in [4.69, 9.17) is 4.74 Å². The van der Waals surface area contributed by atoms with Gasteiger partial charge in [0.2, 0.25) is 10.0 Å². The van der Waals surface area contributed by atoms with E-state index in [1.165, 1.54) is 10.4 Å². The number of ether oxygens (including phenoxy) is 1. The van der Waals surface area contributed by atoms with Crippen molar-refractivity contribution in [3.8, 4) is 0 Å². The van der Waals surface area contributed by atoms with Gasteiger partial charge >= 0.3 is 0 Å². The van der Waals surface area contributed by atoms with Crippen LogP contribution in [0.2, 0.25) is 0 Å². The Labute approximate surface area is 157 Å². The number of carbonyl (C=O) groups excluding carboxylic acids is 1. The number of aryl methyl sites for hydroxylation is 1. The van der Waals surface area contributed by atoms with Crippen LogP contribution in [0.4, 0.5) is 0 Å². The monoisotopic (exact) mass is 382 g/mol. The molecule has 1 aliphatic rings. The van der Waals surface area contributed by atoms with Crippen molar-refractivity contribution in [3.63, 3.8) is 0 Å². The van der Waals surface area contributed by atoms with E-state index in [1.54, 1.807) is 12.1 Å². The molecule has 1 unspecified atom stereocenters. The SMILES string of the molecule is CCc1ccc(C(=O)NC(CC)C(C)C)cc1S(=O)(=O)N1CCOCC1. The summed E-state index contributed by atoms with van der Waals surface area (Å²) in [5.74, 6) is 0.0852. The molecular weight excluding hydrogens is 352 g/mol. The normalized spacial score (nSPS) is 17.3. The summed E-state index contributed by atoms with van der Waals surface area (Å²) in [6.45, 7) is 9.53. The molecule has 0 spiro atoms. The number of rotatable bonds is 7. The first-order valence-corrected chi connectivity index (χ1v) is 10.8. The van der Waals surface area contributed by atoms with Crippen LogP contribution < -0.4 is 5.32 Å². The van der Waals surface area contributed by atoms with Gasteiger partial charge in [0.1, 0.15) is 0 Å². The van der Waals surface area contributed by atoms with Gasteiger partial charge in [-0.05, 0) is 36.5 Å². The summed E-state index contributed by atoms with van der Waals surface area (Å²) in [5, 5.41) is 3.01. The summed E-state index contributed by atoms with van der Waals surface area (Å²) in [7, 11) is -3.64. The van der Waals surface area contributed by atoms with Crippen LogP contribution in [0.25, 0.3) is 0 Å². The van der Waals surface area contributed by atoms with Gasteiger partial charge in [-0.25, -0.2) is 8.42 Å². The fourth-order valence-electron chi connectivity index (χ4n) is 3.15. The molecule has 6 nitrogen and oxygen atoms in total. The highest BCUT2D eigenvalue weighted by atomic mass is 32.2. The Morgan fingerprint density at radius 2 is 1.88 bits per heavy atom. The lowest BCUT2D eigenvalue weighted by Crippen LogP contribution is -2.41. The first-order chi connectivity index (χ1) is 12.3. The minimum absolute atomic E-state index is 0.0626. The van der Waals surface area contributed by atoms with Crippen molar-refractivity contribution in [2.24, 2.45) is 5.92 Å². The Bertz CT molecular complexity index is 725. The van der Waals surface area contributed by atoms with Crippen molar-refractivity contribution in [3.05, 3.63) is 29.3 Å². The number of nitrogens with one attached hydrogen (secondary N) is 1. The standard InChI is InChI=1S/C19H30N2O4S/c1-5-15-7-8-16(19(22)20-17(6-2)14(3)4)13-18(15)26(23,24)21-9-11-25-12-10-21/h7-8,13-14,17H,5-6,9-12H2,1-4H3,(H,20,22). The van der Waals surface area contributed by atoms with E-state index in [2.05, 4.69) is 19.2 Å². The van der Waals surface area contributed by atoms with Gasteiger partial charge in [-0.1, -0.05) is 33.8 Å². The van der Waals surface area contributed by atoms with Crippen LogP contribution in [-0.2, 0) is 21.2 Å². The Hall–Kier alpha value is -1.44. The van der Waals surface area contributed by atoms with Crippen molar-refractivity contribution in [2.45, 2.75) is 51.5 Å². The van der Waals surface area contributed by atoms with E-state index in [9.17, 15) is 13.2 Å². The molecule has 1 aromatic carbocycles. The van der Waals surface area contributed by atoms with E-state index in [0.29, 0.717) is 44.2 Å². The Morgan fingerprint density at radius 3 is 2.42 bits per heavy atom. The lowest BCUT2D eigenvalue weighted by molar-refractivity contribution is 0.0730. The van der Waals surface area contributed by atoms with E-state index in [1.807, 2.05) is 13.8 Å². The van der Waals surface area contributed by atoms with Crippen LogP contribution in [0.1, 0.15) is 50.0 Å². The third kappa shape index (κ3) is 4.64. The summed E-state index contributed by atoms with van der Waals surface area (Å²) in [4.78, 5) is 12.9. The van der Waals surface area contributed by atoms with E-state index in [0.717, 1.165) is 12.0 Å². The summed E-state index contributed by atoms with van der Waals surface area (Å²) in [6.07, 6.45) is 1.42. The highest BCUT2D eigenvalue weighted by molar-refractivity contribution is 7.89. The molecule has 0 bridgehead atoms. The van der Waals surface area contributed by atoms with Crippen molar-refractivity contribution >= 4 is 15.9 Å². The molecule has 1 amide bonds. The molecule has 1 atom stereocenters. The fraction of sp³-hybridized carbons (Fsp3) is 0.632. The van der Waals surface area contributed by atoms with Gasteiger partial charge < -0.3 is 10.1 Å². The molecule has 1 heterocycles. The van der Waals surface area contributed by atoms with Gasteiger partial charge in [0.25, 0.3) is 5.91 Å². The third-order valence-corrected chi connectivity index (χ3v) is 6.84. The zero-order valence-electron chi connectivity index (χ0n) is 16.1. The molecule has 1 aromatic rings. The first-order valence-electron chi connectivity index (χ1n) is 9.32. The molecule has 0 aromatic heterocycles. The minimum Gasteiger partial charge on any atom is -0.379 e. The maximum Gasteiger partial charge on any atom is 0.251 e. The van der Waals surface area contributed by atoms with Gasteiger partial charge in [0.05, 0.1) is 18.1 Å². The van der Waals surface area contributed by atoms with Gasteiger partial charge in [0.15, 0.2) is 0 Å². The molecule has 146 valence electrons. The summed E-state index contributed by atoms with van der Waals surface area (Å²) in [6, 6.07) is 5.04. The van der Waals surface area contributed by atoms with E-state index < -0.39 is 10.0 Å². The molecule has 26 heavy (non-hydrogen) atoms. The lowest BCUT2D eigenvalue weighted by atomic mass is 10.0. The predicted molar refractivity (Wildman–Crippen MR) is 102 cm³/mol. The zero-order chi connectivity index (χ0) is 19.3. The maximum absolute atomic E-state index is 13.1. The molecule has 0 aliphatic carbocycles. The van der Waals surface area contributed by atoms with E-state index >= 15 is 0 Å². The third-order valence-electron chi connectivity index (χ3n) is 4.86. The largest absolute Gasteiger partial charge is 0.379 e. The second-order valence-electron chi connectivity index (χ2n) is 6.92. The molecule has 2 rings (SSSR count). The van der Waals surface area contributed by atoms with E-state index in [-0.39, 0.29) is 16.8 Å². The van der Waals surface area contributed by atoms with Crippen molar-refractivity contribution in [1.29, 1.82) is 0 Å². The molecule has 1 N–H and O–H groups in total. The predicted octanol–water partition coefficient (Wildman–Crippen LogP) is 2.43. The first kappa shape index (κ1) is 20.9. The average molecular weight is 383 g/mol. The molecule has 1 aliphatic heterocycles. The topological polar surface area (TPSA) is 75.7 Å². The Morgan fingerprint density at radius 1 is 1.23 bits per heavy atom. The molecule has 7 heteroatoms. The number of nitrogens with zero attached hydrogens (tertiary/aromatic N) is 1. The molecule has 0 saturated carbocycles. The highest BCUT2D eigenvalue weighted by Gasteiger charge is 2.29. The number of hydrogen-bond donors (Lipinski definition) is 1. The van der Waals surface area contributed by atoms with Crippen LogP contribution in [0.5, 0.6) is 0 Å². The fourth-order valence-corrected chi connectivity index (χ4v) is 4.87. The van der Waals surface area contributed by atoms with Crippen LogP contribution in [0.3, 0.4) is 0 Å². The number of morpholine rings is 1. The smallest absolute Gasteiger partial charge is 0.251 e. The van der Waals surface area contributed by atoms with Gasteiger partial charge in [0, 0.05) is 24.7 Å². The Balaban J connectivity index is 2.34. The number of carbonyl (C=O) groups is 1. The van der Waals surface area contributed by atoms with Gasteiger partial charge in [-0.15, -0.1) is 0 Å². The van der Waals surface area contributed by atoms with Crippen LogP contribution in [0, 0.1) is 5.92 Å². The van der Waals surface area contributed by atoms with Crippen LogP contribution in [0.15, 0.2) is 23.1 Å². The summed E-state index contributed by atoms with van der Waals surface area (Å²) < 4.78 is 32.8. The second-order valence-corrected chi connectivity index (χ2v) is 8.83. The molecule has 0 radical (unpaired) electrons. The molecular formula is C19H30N2O4S. The number of amides is 1. The Kier molecular flexibility index (Phi) is 7.20. The van der Waals surface area contributed by atoms with Crippen molar-refractivity contribution in [1.82, 2.24) is 9.62 Å². The van der Waals surface area contributed by atoms with Crippen LogP contribution >= 0.6 is 0 Å². The number of benzene rings is 1. The van der Waals surface area contributed by atoms with Crippen molar-refractivity contribution < 1.29 is 17.9 Å². The van der Waals surface area contributed by atoms with Gasteiger partial charge in [-0.2, -0.15) is 4.31 Å². The summed E-state index contributed by atoms with van der Waals surface area (Å²) in [5.41, 5.74) is 1.11. The van der Waals surface area contributed by atoms with Crippen molar-refractivity contribution in [2.75, 3.05) is 26.3 Å². The van der Waals surface area contributed by atoms with Gasteiger partial charge in [-0.3, -0.25) is 4.79 Å². The number of hydrogen-bond acceptors (Lipinski definition) is 4. The summed E-state index contributed by atoms with van der Waals surface area (Å²) >= 11 is 0. The van der Waals surface area contributed by atoms with Crippen LogP contribution in [-0.4, -0.2) is 51.0 Å².